The van der Waals surface area contributed by atoms with Gasteiger partial charge < -0.3 is 15.2 Å². The van der Waals surface area contributed by atoms with E-state index in [-0.39, 0.29) is 6.10 Å². The van der Waals surface area contributed by atoms with Crippen LogP contribution < -0.4 is 5.32 Å². The number of ether oxygens (including phenoxy) is 1. The summed E-state index contributed by atoms with van der Waals surface area (Å²) >= 11 is 0. The van der Waals surface area contributed by atoms with E-state index in [1.54, 1.807) is 11.8 Å². The highest BCUT2D eigenvalue weighted by atomic mass is 16.5. The summed E-state index contributed by atoms with van der Waals surface area (Å²) in [6, 6.07) is 0. The van der Waals surface area contributed by atoms with Crippen LogP contribution in [0, 0.1) is 0 Å². The number of nitrogens with one attached hydrogen (secondary N) is 1. The van der Waals surface area contributed by atoms with Crippen molar-refractivity contribution < 1.29 is 9.84 Å². The lowest BCUT2D eigenvalue weighted by Crippen LogP contribution is -2.24. The third-order valence-corrected chi connectivity index (χ3v) is 2.36. The normalized spacial score (nSPS) is 12.9. The molecule has 0 aliphatic carbocycles. The zero-order valence-electron chi connectivity index (χ0n) is 10.0. The van der Waals surface area contributed by atoms with Crippen LogP contribution in [0.3, 0.4) is 0 Å². The van der Waals surface area contributed by atoms with E-state index in [1.807, 2.05) is 19.4 Å². The zero-order valence-corrected chi connectivity index (χ0v) is 10.0. The molecule has 1 heterocycles. The first-order valence-corrected chi connectivity index (χ1v) is 5.57. The fourth-order valence-corrected chi connectivity index (χ4v) is 1.50. The molecule has 0 aliphatic heterocycles. The highest BCUT2D eigenvalue weighted by Gasteiger charge is 2.02. The van der Waals surface area contributed by atoms with Crippen molar-refractivity contribution in [3.63, 3.8) is 0 Å². The number of aliphatic hydroxyl groups excluding tert-OH is 1. The molecule has 0 spiro atoms. The summed E-state index contributed by atoms with van der Waals surface area (Å²) < 4.78 is 6.65. The SMILES string of the molecule is COCC(O)CCNCCc1cnn(C)c1. The summed E-state index contributed by atoms with van der Waals surface area (Å²) in [7, 11) is 3.51. The molecule has 0 aliphatic rings. The molecule has 2 N–H and O–H groups in total. The lowest BCUT2D eigenvalue weighted by atomic mass is 10.2. The quantitative estimate of drug-likeness (QED) is 0.611. The zero-order chi connectivity index (χ0) is 11.8. The maximum atomic E-state index is 9.39. The summed E-state index contributed by atoms with van der Waals surface area (Å²) in [5.74, 6) is 0. The molecule has 1 unspecified atom stereocenters. The number of aromatic nitrogens is 2. The Labute approximate surface area is 96.4 Å². The van der Waals surface area contributed by atoms with E-state index in [0.29, 0.717) is 6.61 Å². The third kappa shape index (κ3) is 5.25. The first kappa shape index (κ1) is 13.2. The van der Waals surface area contributed by atoms with Crippen molar-refractivity contribution in [2.45, 2.75) is 18.9 Å². The minimum atomic E-state index is -0.365. The number of rotatable bonds is 8. The second-order valence-electron chi connectivity index (χ2n) is 3.92. The highest BCUT2D eigenvalue weighted by molar-refractivity contribution is 5.03. The van der Waals surface area contributed by atoms with Gasteiger partial charge in [0, 0.05) is 20.4 Å². The summed E-state index contributed by atoms with van der Waals surface area (Å²) in [5, 5.41) is 16.8. The molecule has 0 saturated carbocycles. The van der Waals surface area contributed by atoms with Gasteiger partial charge in [0.15, 0.2) is 0 Å². The maximum Gasteiger partial charge on any atom is 0.0785 e. The fourth-order valence-electron chi connectivity index (χ4n) is 1.50. The first-order valence-electron chi connectivity index (χ1n) is 5.57. The molecule has 1 aromatic rings. The topological polar surface area (TPSA) is 59.3 Å². The Hall–Kier alpha value is -0.910. The minimum Gasteiger partial charge on any atom is -0.391 e. The van der Waals surface area contributed by atoms with Gasteiger partial charge in [0.25, 0.3) is 0 Å². The second kappa shape index (κ2) is 7.38. The highest BCUT2D eigenvalue weighted by Crippen LogP contribution is 1.96. The van der Waals surface area contributed by atoms with Gasteiger partial charge in [-0.25, -0.2) is 0 Å². The Bertz CT molecular complexity index is 289. The van der Waals surface area contributed by atoms with Gasteiger partial charge in [-0.15, -0.1) is 0 Å². The number of aryl methyl sites for hydroxylation is 1. The van der Waals surface area contributed by atoms with Gasteiger partial charge in [-0.1, -0.05) is 0 Å². The van der Waals surface area contributed by atoms with Gasteiger partial charge >= 0.3 is 0 Å². The molecule has 16 heavy (non-hydrogen) atoms. The number of methoxy groups -OCH3 is 1. The summed E-state index contributed by atoms with van der Waals surface area (Å²) in [6.45, 7) is 2.13. The van der Waals surface area contributed by atoms with E-state index in [9.17, 15) is 5.11 Å². The van der Waals surface area contributed by atoms with E-state index >= 15 is 0 Å². The largest absolute Gasteiger partial charge is 0.391 e. The van der Waals surface area contributed by atoms with Crippen LogP contribution in [0.15, 0.2) is 12.4 Å². The van der Waals surface area contributed by atoms with Crippen LogP contribution in [0.4, 0.5) is 0 Å². The van der Waals surface area contributed by atoms with Crippen molar-refractivity contribution in [2.75, 3.05) is 26.8 Å². The lowest BCUT2D eigenvalue weighted by molar-refractivity contribution is 0.0595. The second-order valence-corrected chi connectivity index (χ2v) is 3.92. The van der Waals surface area contributed by atoms with Gasteiger partial charge in [0.1, 0.15) is 0 Å². The Morgan fingerprint density at radius 2 is 2.38 bits per heavy atom. The molecule has 1 rings (SSSR count). The van der Waals surface area contributed by atoms with Crippen LogP contribution >= 0.6 is 0 Å². The van der Waals surface area contributed by atoms with Gasteiger partial charge in [-0.05, 0) is 31.5 Å². The number of nitrogens with zero attached hydrogens (tertiary/aromatic N) is 2. The van der Waals surface area contributed by atoms with Gasteiger partial charge in [0.2, 0.25) is 0 Å². The van der Waals surface area contributed by atoms with E-state index in [2.05, 4.69) is 10.4 Å². The molecule has 5 nitrogen and oxygen atoms in total. The standard InChI is InChI=1S/C11H21N3O2/c1-14-8-10(7-13-14)3-5-12-6-4-11(15)9-16-2/h7-8,11-12,15H,3-6,9H2,1-2H3. The molecule has 1 atom stereocenters. The molecular weight excluding hydrogens is 206 g/mol. The Morgan fingerprint density at radius 1 is 1.56 bits per heavy atom. The van der Waals surface area contributed by atoms with Gasteiger partial charge in [0.05, 0.1) is 18.9 Å². The monoisotopic (exact) mass is 227 g/mol. The van der Waals surface area contributed by atoms with Crippen molar-refractivity contribution >= 4 is 0 Å². The summed E-state index contributed by atoms with van der Waals surface area (Å²) in [6.07, 6.45) is 5.22. The third-order valence-electron chi connectivity index (χ3n) is 2.36. The van der Waals surface area contributed by atoms with E-state index < -0.39 is 0 Å². The van der Waals surface area contributed by atoms with Crippen LogP contribution in [0.1, 0.15) is 12.0 Å². The Kier molecular flexibility index (Phi) is 6.07. The first-order chi connectivity index (χ1) is 7.72. The van der Waals surface area contributed by atoms with Crippen LogP contribution in [-0.2, 0) is 18.2 Å². The van der Waals surface area contributed by atoms with Crippen LogP contribution in [0.25, 0.3) is 0 Å². The summed E-state index contributed by atoms with van der Waals surface area (Å²) in [5.41, 5.74) is 1.23. The van der Waals surface area contributed by atoms with E-state index in [4.69, 9.17) is 4.74 Å². The molecule has 1 aromatic heterocycles. The predicted octanol–water partition coefficient (Wildman–Crippen LogP) is -0.0504. The van der Waals surface area contributed by atoms with Crippen molar-refractivity contribution in [1.29, 1.82) is 0 Å². The average molecular weight is 227 g/mol. The number of hydrogen-bond donors (Lipinski definition) is 2. The van der Waals surface area contributed by atoms with Crippen LogP contribution in [0.2, 0.25) is 0 Å². The predicted molar refractivity (Wildman–Crippen MR) is 62.3 cm³/mol. The van der Waals surface area contributed by atoms with Crippen molar-refractivity contribution in [2.24, 2.45) is 7.05 Å². The van der Waals surface area contributed by atoms with E-state index in [1.165, 1.54) is 5.56 Å². The van der Waals surface area contributed by atoms with Gasteiger partial charge in [-0.2, -0.15) is 5.10 Å². The maximum absolute atomic E-state index is 9.39. The van der Waals surface area contributed by atoms with Crippen molar-refractivity contribution in [1.82, 2.24) is 15.1 Å². The van der Waals surface area contributed by atoms with Crippen LogP contribution in [-0.4, -0.2) is 47.8 Å². The minimum absolute atomic E-state index is 0.365. The lowest BCUT2D eigenvalue weighted by Gasteiger charge is -2.09. The molecular formula is C11H21N3O2. The molecule has 0 bridgehead atoms. The average Bonchev–Trinajstić information content (AvgIpc) is 2.64. The molecule has 0 amide bonds. The Balaban J connectivity index is 2.00. The van der Waals surface area contributed by atoms with E-state index in [0.717, 1.165) is 25.9 Å². The Morgan fingerprint density at radius 3 is 3.00 bits per heavy atom. The smallest absolute Gasteiger partial charge is 0.0785 e. The van der Waals surface area contributed by atoms with Crippen molar-refractivity contribution in [3.8, 4) is 0 Å². The van der Waals surface area contributed by atoms with Crippen molar-refractivity contribution in [3.05, 3.63) is 18.0 Å². The summed E-state index contributed by atoms with van der Waals surface area (Å²) in [4.78, 5) is 0. The van der Waals surface area contributed by atoms with Gasteiger partial charge in [-0.3, -0.25) is 4.68 Å². The molecule has 0 saturated heterocycles. The molecule has 5 heteroatoms. The molecule has 92 valence electrons. The molecule has 0 fully saturated rings. The number of aliphatic hydroxyl groups is 1. The number of hydrogen-bond acceptors (Lipinski definition) is 4. The fraction of sp³-hybridized carbons (Fsp3) is 0.727. The molecule has 0 radical (unpaired) electrons. The molecule has 0 aromatic carbocycles. The van der Waals surface area contributed by atoms with Crippen LogP contribution in [0.5, 0.6) is 0 Å².